The first-order valence-corrected chi connectivity index (χ1v) is 15.4. The van der Waals surface area contributed by atoms with E-state index < -0.39 is 29.7 Å². The summed E-state index contributed by atoms with van der Waals surface area (Å²) in [6.45, 7) is 1.87. The molecule has 230 valence electrons. The number of aliphatic imine (C=N–C) groups is 1. The Kier molecular flexibility index (Phi) is 9.75. The van der Waals surface area contributed by atoms with Gasteiger partial charge < -0.3 is 25.8 Å². The highest BCUT2D eigenvalue weighted by Crippen LogP contribution is 2.37. The van der Waals surface area contributed by atoms with E-state index in [-0.39, 0.29) is 48.0 Å². The number of nitrogens with zero attached hydrogens (tertiary/aromatic N) is 4. The van der Waals surface area contributed by atoms with Gasteiger partial charge in [0.25, 0.3) is 0 Å². The Labute approximate surface area is 257 Å². The number of thiazole rings is 1. The third-order valence-corrected chi connectivity index (χ3v) is 9.48. The fraction of sp³-hybridized carbons (Fsp3) is 0.483. The number of rotatable bonds is 9. The fourth-order valence-electron chi connectivity index (χ4n) is 6.23. The highest BCUT2D eigenvalue weighted by Gasteiger charge is 2.39. The van der Waals surface area contributed by atoms with Crippen LogP contribution in [0.3, 0.4) is 0 Å². The summed E-state index contributed by atoms with van der Waals surface area (Å²) in [5.74, 6) is -2.25. The maximum atomic E-state index is 13.9. The normalized spacial score (nSPS) is 24.5. The number of amides is 1. The highest BCUT2D eigenvalue weighted by atomic mass is 35.5. The van der Waals surface area contributed by atoms with Crippen molar-refractivity contribution >= 4 is 46.6 Å². The number of ether oxygens (including phenoxy) is 1. The fourth-order valence-corrected chi connectivity index (χ4v) is 7.09. The van der Waals surface area contributed by atoms with Gasteiger partial charge in [0.15, 0.2) is 10.8 Å². The van der Waals surface area contributed by atoms with Crippen LogP contribution in [0.15, 0.2) is 46.0 Å². The SMILES string of the molecule is COC(=O)C1=C(CN2CCN(C(=O)C[C@H]3CCCC3C(=O)O)C(CN)C2)NC(c2nccs2)=N[C@H]1c1ccc(F)cc1Cl. The summed E-state index contributed by atoms with van der Waals surface area (Å²) in [7, 11) is 1.28. The first-order valence-electron chi connectivity index (χ1n) is 14.2. The number of aliphatic carboxylic acids is 1. The minimum absolute atomic E-state index is 0.0808. The van der Waals surface area contributed by atoms with E-state index in [9.17, 15) is 23.9 Å². The van der Waals surface area contributed by atoms with Crippen LogP contribution in [-0.4, -0.2) is 89.4 Å². The quantitative estimate of drug-likeness (QED) is 0.355. The molecule has 43 heavy (non-hydrogen) atoms. The van der Waals surface area contributed by atoms with Gasteiger partial charge in [-0.2, -0.15) is 0 Å². The van der Waals surface area contributed by atoms with Crippen molar-refractivity contribution in [2.45, 2.75) is 37.8 Å². The zero-order valence-electron chi connectivity index (χ0n) is 23.7. The van der Waals surface area contributed by atoms with Crippen molar-refractivity contribution in [3.8, 4) is 0 Å². The molecule has 1 saturated carbocycles. The molecule has 1 amide bonds. The largest absolute Gasteiger partial charge is 0.481 e. The molecule has 3 aliphatic rings. The van der Waals surface area contributed by atoms with Crippen molar-refractivity contribution in [2.75, 3.05) is 39.8 Å². The average Bonchev–Trinajstić information content (AvgIpc) is 3.69. The van der Waals surface area contributed by atoms with Crippen LogP contribution in [0.1, 0.15) is 42.3 Å². The third-order valence-electron chi connectivity index (χ3n) is 8.38. The van der Waals surface area contributed by atoms with E-state index in [0.29, 0.717) is 48.2 Å². The Morgan fingerprint density at radius 1 is 1.28 bits per heavy atom. The number of esters is 1. The van der Waals surface area contributed by atoms with Crippen LogP contribution in [0.2, 0.25) is 5.02 Å². The van der Waals surface area contributed by atoms with E-state index in [1.54, 1.807) is 11.1 Å². The number of carboxylic acid groups (broad SMARTS) is 1. The lowest BCUT2D eigenvalue weighted by molar-refractivity contribution is -0.144. The number of carbonyl (C=O) groups is 3. The highest BCUT2D eigenvalue weighted by molar-refractivity contribution is 7.11. The lowest BCUT2D eigenvalue weighted by Crippen LogP contribution is -2.58. The molecular weight excluding hydrogens is 599 g/mol. The van der Waals surface area contributed by atoms with Gasteiger partial charge in [-0.05, 0) is 30.9 Å². The molecule has 4 atom stereocenters. The number of halogens is 2. The summed E-state index contributed by atoms with van der Waals surface area (Å²) < 4.78 is 19.1. The summed E-state index contributed by atoms with van der Waals surface area (Å²) >= 11 is 7.82. The number of benzene rings is 1. The monoisotopic (exact) mass is 632 g/mol. The van der Waals surface area contributed by atoms with E-state index in [1.165, 1.54) is 36.6 Å². The predicted octanol–water partition coefficient (Wildman–Crippen LogP) is 2.82. The molecule has 14 heteroatoms. The van der Waals surface area contributed by atoms with Crippen molar-refractivity contribution in [2.24, 2.45) is 22.6 Å². The summed E-state index contributed by atoms with van der Waals surface area (Å²) in [6.07, 6.45) is 3.98. The number of carboxylic acids is 1. The summed E-state index contributed by atoms with van der Waals surface area (Å²) in [6, 6.07) is 2.79. The van der Waals surface area contributed by atoms with Crippen LogP contribution in [0, 0.1) is 17.7 Å². The molecule has 2 fully saturated rings. The summed E-state index contributed by atoms with van der Waals surface area (Å²) in [5.41, 5.74) is 7.34. The standard InChI is InChI=1S/C29H34ClFN6O5S/c1-42-29(41)24-22(34-26(27-33-7-10-43-27)35-25(24)20-6-5-17(31)12-21(20)30)15-36-8-9-37(18(13-32)14-36)23(38)11-16-3-2-4-19(16)28(39)40/h5-7,10,12,16,18-19,25H,2-4,8-9,11,13-15,32H2,1H3,(H,34,35)(H,39,40)/t16-,18?,19?,25+/m1/s1. The zero-order chi connectivity index (χ0) is 30.7. The number of hydrogen-bond acceptors (Lipinski definition) is 10. The maximum absolute atomic E-state index is 13.9. The maximum Gasteiger partial charge on any atom is 0.338 e. The first kappa shape index (κ1) is 31.0. The minimum atomic E-state index is -0.877. The van der Waals surface area contributed by atoms with E-state index in [4.69, 9.17) is 27.1 Å². The number of amidine groups is 1. The van der Waals surface area contributed by atoms with Crippen LogP contribution in [-0.2, 0) is 19.1 Å². The second kappa shape index (κ2) is 13.5. The second-order valence-electron chi connectivity index (χ2n) is 10.9. The van der Waals surface area contributed by atoms with E-state index in [0.717, 1.165) is 12.8 Å². The summed E-state index contributed by atoms with van der Waals surface area (Å²) in [4.78, 5) is 51.2. The molecule has 2 unspecified atom stereocenters. The van der Waals surface area contributed by atoms with Crippen LogP contribution >= 0.6 is 22.9 Å². The molecule has 0 bridgehead atoms. The van der Waals surface area contributed by atoms with Gasteiger partial charge in [-0.1, -0.05) is 24.1 Å². The minimum Gasteiger partial charge on any atom is -0.481 e. The molecule has 1 aromatic heterocycles. The van der Waals surface area contributed by atoms with Gasteiger partial charge in [0, 0.05) is 67.0 Å². The van der Waals surface area contributed by atoms with E-state index >= 15 is 0 Å². The number of methoxy groups -OCH3 is 1. The van der Waals surface area contributed by atoms with Gasteiger partial charge in [-0.25, -0.2) is 14.2 Å². The molecular formula is C29H34ClFN6O5S. The van der Waals surface area contributed by atoms with Gasteiger partial charge in [0.1, 0.15) is 11.9 Å². The molecule has 4 N–H and O–H groups in total. The smallest absolute Gasteiger partial charge is 0.338 e. The number of hydrogen-bond donors (Lipinski definition) is 3. The van der Waals surface area contributed by atoms with Gasteiger partial charge in [0.2, 0.25) is 5.91 Å². The lowest BCUT2D eigenvalue weighted by atomic mass is 9.92. The lowest BCUT2D eigenvalue weighted by Gasteiger charge is -2.42. The molecule has 0 radical (unpaired) electrons. The summed E-state index contributed by atoms with van der Waals surface area (Å²) in [5, 5.41) is 15.4. The number of aromatic nitrogens is 1. The zero-order valence-corrected chi connectivity index (χ0v) is 25.2. The van der Waals surface area contributed by atoms with Gasteiger partial charge in [-0.3, -0.25) is 19.5 Å². The van der Waals surface area contributed by atoms with Crippen LogP contribution in [0.25, 0.3) is 0 Å². The number of nitrogens with two attached hydrogens (primary N) is 1. The number of piperazine rings is 1. The Morgan fingerprint density at radius 3 is 2.77 bits per heavy atom. The number of carbonyl (C=O) groups excluding carboxylic acids is 2. The molecule has 1 aliphatic carbocycles. The van der Waals surface area contributed by atoms with Crippen molar-refractivity contribution in [3.05, 3.63) is 62.5 Å². The Hall–Kier alpha value is -3.39. The van der Waals surface area contributed by atoms with Crippen LogP contribution < -0.4 is 11.1 Å². The van der Waals surface area contributed by atoms with Crippen LogP contribution in [0.5, 0.6) is 0 Å². The Bertz CT molecular complexity index is 1440. The molecule has 2 aromatic rings. The third kappa shape index (κ3) is 6.74. The van der Waals surface area contributed by atoms with Gasteiger partial charge in [0.05, 0.1) is 24.6 Å². The topological polar surface area (TPSA) is 150 Å². The Morgan fingerprint density at radius 2 is 2.09 bits per heavy atom. The molecule has 1 saturated heterocycles. The molecule has 5 rings (SSSR count). The molecule has 1 aromatic carbocycles. The molecule has 0 spiro atoms. The second-order valence-corrected chi connectivity index (χ2v) is 12.2. The van der Waals surface area contributed by atoms with Gasteiger partial charge in [-0.15, -0.1) is 11.3 Å². The van der Waals surface area contributed by atoms with Crippen molar-refractivity contribution in [1.82, 2.24) is 20.1 Å². The molecule has 3 heterocycles. The first-order chi connectivity index (χ1) is 20.7. The molecule has 2 aliphatic heterocycles. The van der Waals surface area contributed by atoms with Crippen LogP contribution in [0.4, 0.5) is 4.39 Å². The van der Waals surface area contributed by atoms with E-state index in [2.05, 4.69) is 15.2 Å². The molecule has 11 nitrogen and oxygen atoms in total. The van der Waals surface area contributed by atoms with Gasteiger partial charge >= 0.3 is 11.9 Å². The number of nitrogens with one attached hydrogen (secondary N) is 1. The van der Waals surface area contributed by atoms with Crippen molar-refractivity contribution in [1.29, 1.82) is 0 Å². The van der Waals surface area contributed by atoms with Crippen molar-refractivity contribution in [3.63, 3.8) is 0 Å². The average molecular weight is 633 g/mol. The predicted molar refractivity (Wildman–Crippen MR) is 159 cm³/mol. The van der Waals surface area contributed by atoms with Crippen molar-refractivity contribution < 1.29 is 28.6 Å². The van der Waals surface area contributed by atoms with E-state index in [1.807, 2.05) is 5.38 Å². The Balaban J connectivity index is 1.39.